The van der Waals surface area contributed by atoms with Crippen molar-refractivity contribution >= 4 is 21.7 Å². The highest BCUT2D eigenvalue weighted by Crippen LogP contribution is 2.21. The lowest BCUT2D eigenvalue weighted by molar-refractivity contribution is 0.180. The van der Waals surface area contributed by atoms with Crippen molar-refractivity contribution in [3.05, 3.63) is 16.0 Å². The number of nitrogen functional groups attached to an aromatic ring is 1. The third kappa shape index (κ3) is 3.70. The predicted octanol–water partition coefficient (Wildman–Crippen LogP) is 1.07. The Hall–Kier alpha value is -0.720. The van der Waals surface area contributed by atoms with Gasteiger partial charge >= 0.3 is 0 Å². The summed E-state index contributed by atoms with van der Waals surface area (Å²) in [6.45, 7) is 1.33. The van der Waals surface area contributed by atoms with Gasteiger partial charge in [0.05, 0.1) is 16.8 Å². The van der Waals surface area contributed by atoms with Gasteiger partial charge in [-0.25, -0.2) is 9.97 Å². The smallest absolute Gasteiger partial charge is 0.141 e. The molecule has 2 N–H and O–H groups in total. The lowest BCUT2D eigenvalue weighted by Crippen LogP contribution is -2.17. The second kappa shape index (κ2) is 6.12. The minimum Gasteiger partial charge on any atom is -0.383 e. The van der Waals surface area contributed by atoms with Crippen LogP contribution in [-0.2, 0) is 17.8 Å². The quantitative estimate of drug-likeness (QED) is 0.878. The number of methoxy groups -OCH3 is 1. The molecule has 1 aromatic heterocycles. The average molecular weight is 289 g/mol. The number of hydrogen-bond acceptors (Lipinski definition) is 5. The van der Waals surface area contributed by atoms with Crippen molar-refractivity contribution in [3.8, 4) is 0 Å². The number of anilines is 1. The molecule has 1 heterocycles. The monoisotopic (exact) mass is 288 g/mol. The second-order valence-electron chi connectivity index (χ2n) is 3.77. The van der Waals surface area contributed by atoms with E-state index in [0.29, 0.717) is 12.4 Å². The SMILES string of the molecule is COCc1nc(CCN(C)C)nc(N)c1Br. The normalized spacial score (nSPS) is 11.1. The van der Waals surface area contributed by atoms with Crippen molar-refractivity contribution in [2.24, 2.45) is 0 Å². The Morgan fingerprint density at radius 3 is 2.62 bits per heavy atom. The zero-order valence-corrected chi connectivity index (χ0v) is 11.4. The molecule has 0 bridgehead atoms. The molecule has 0 saturated heterocycles. The lowest BCUT2D eigenvalue weighted by Gasteiger charge is -2.11. The fourth-order valence-corrected chi connectivity index (χ4v) is 1.53. The summed E-state index contributed by atoms with van der Waals surface area (Å²) in [4.78, 5) is 10.7. The Morgan fingerprint density at radius 2 is 2.06 bits per heavy atom. The molecule has 1 aromatic rings. The van der Waals surface area contributed by atoms with Gasteiger partial charge in [-0.2, -0.15) is 0 Å². The maximum atomic E-state index is 5.79. The summed E-state index contributed by atoms with van der Waals surface area (Å²) < 4.78 is 5.78. The van der Waals surface area contributed by atoms with Gasteiger partial charge in [0.25, 0.3) is 0 Å². The number of nitrogens with two attached hydrogens (primary N) is 1. The van der Waals surface area contributed by atoms with E-state index in [1.807, 2.05) is 14.1 Å². The summed E-state index contributed by atoms with van der Waals surface area (Å²) in [5, 5.41) is 0. The summed E-state index contributed by atoms with van der Waals surface area (Å²) >= 11 is 3.35. The van der Waals surface area contributed by atoms with E-state index >= 15 is 0 Å². The standard InChI is InChI=1S/C10H17BrN4O/c1-15(2)5-4-8-13-7(6-16-3)9(11)10(12)14-8/h4-6H2,1-3H3,(H2,12,13,14). The van der Waals surface area contributed by atoms with Crippen LogP contribution in [0.2, 0.25) is 0 Å². The van der Waals surface area contributed by atoms with Crippen LogP contribution in [0.1, 0.15) is 11.5 Å². The number of nitrogens with zero attached hydrogens (tertiary/aromatic N) is 3. The molecular formula is C10H17BrN4O. The summed E-state index contributed by atoms with van der Waals surface area (Å²) in [5.41, 5.74) is 6.59. The van der Waals surface area contributed by atoms with Crippen LogP contribution in [0.25, 0.3) is 0 Å². The van der Waals surface area contributed by atoms with E-state index < -0.39 is 0 Å². The van der Waals surface area contributed by atoms with Crippen LogP contribution in [0.15, 0.2) is 4.47 Å². The van der Waals surface area contributed by atoms with Gasteiger partial charge in [0.1, 0.15) is 11.6 Å². The van der Waals surface area contributed by atoms with Gasteiger partial charge in [0.2, 0.25) is 0 Å². The van der Waals surface area contributed by atoms with Crippen molar-refractivity contribution < 1.29 is 4.74 Å². The molecule has 0 amide bonds. The molecule has 0 unspecified atom stereocenters. The van der Waals surface area contributed by atoms with Gasteiger partial charge in [0, 0.05) is 20.1 Å². The van der Waals surface area contributed by atoms with Gasteiger partial charge in [-0.1, -0.05) is 0 Å². The van der Waals surface area contributed by atoms with Crippen LogP contribution >= 0.6 is 15.9 Å². The van der Waals surface area contributed by atoms with E-state index in [9.17, 15) is 0 Å². The molecule has 0 saturated carbocycles. The van der Waals surface area contributed by atoms with Crippen LogP contribution in [0, 0.1) is 0 Å². The second-order valence-corrected chi connectivity index (χ2v) is 4.57. The number of likely N-dealkylation sites (N-methyl/N-ethyl adjacent to an activating group) is 1. The molecule has 0 aromatic carbocycles. The molecular weight excluding hydrogens is 272 g/mol. The average Bonchev–Trinajstić information content (AvgIpc) is 2.22. The molecule has 90 valence electrons. The summed E-state index contributed by atoms with van der Waals surface area (Å²) in [5.74, 6) is 1.22. The Labute approximate surface area is 104 Å². The van der Waals surface area contributed by atoms with Crippen LogP contribution in [0.4, 0.5) is 5.82 Å². The molecule has 0 spiro atoms. The lowest BCUT2D eigenvalue weighted by atomic mass is 10.3. The van der Waals surface area contributed by atoms with Crippen LogP contribution in [0.5, 0.6) is 0 Å². The largest absolute Gasteiger partial charge is 0.383 e. The third-order valence-electron chi connectivity index (χ3n) is 2.06. The summed E-state index contributed by atoms with van der Waals surface area (Å²) in [6, 6.07) is 0. The Kier molecular flexibility index (Phi) is 5.11. The number of hydrogen-bond donors (Lipinski definition) is 1. The number of ether oxygens (including phenoxy) is 1. The molecule has 16 heavy (non-hydrogen) atoms. The maximum absolute atomic E-state index is 5.79. The molecule has 5 nitrogen and oxygen atoms in total. The molecule has 0 aliphatic carbocycles. The van der Waals surface area contributed by atoms with Gasteiger partial charge < -0.3 is 15.4 Å². The molecule has 0 fully saturated rings. The first-order valence-corrected chi connectivity index (χ1v) is 5.78. The molecule has 6 heteroatoms. The Bertz CT molecular complexity index is 357. The number of rotatable bonds is 5. The maximum Gasteiger partial charge on any atom is 0.141 e. The number of aromatic nitrogens is 2. The summed E-state index contributed by atoms with van der Waals surface area (Å²) in [7, 11) is 5.65. The van der Waals surface area contributed by atoms with E-state index in [1.165, 1.54) is 0 Å². The number of halogens is 1. The highest BCUT2D eigenvalue weighted by atomic mass is 79.9. The van der Waals surface area contributed by atoms with E-state index in [0.717, 1.165) is 29.0 Å². The summed E-state index contributed by atoms with van der Waals surface area (Å²) in [6.07, 6.45) is 0.779. The molecule has 0 aliphatic rings. The Morgan fingerprint density at radius 1 is 1.38 bits per heavy atom. The van der Waals surface area contributed by atoms with Crippen molar-refractivity contribution in [1.29, 1.82) is 0 Å². The zero-order chi connectivity index (χ0) is 12.1. The topological polar surface area (TPSA) is 64.3 Å². The zero-order valence-electron chi connectivity index (χ0n) is 9.83. The first-order valence-electron chi connectivity index (χ1n) is 4.99. The van der Waals surface area contributed by atoms with Crippen molar-refractivity contribution in [3.63, 3.8) is 0 Å². The molecule has 0 atom stereocenters. The highest BCUT2D eigenvalue weighted by molar-refractivity contribution is 9.10. The van der Waals surface area contributed by atoms with Crippen LogP contribution in [-0.4, -0.2) is 42.6 Å². The molecule has 0 aliphatic heterocycles. The third-order valence-corrected chi connectivity index (χ3v) is 2.92. The van der Waals surface area contributed by atoms with E-state index in [2.05, 4.69) is 30.8 Å². The highest BCUT2D eigenvalue weighted by Gasteiger charge is 2.09. The van der Waals surface area contributed by atoms with E-state index in [-0.39, 0.29) is 0 Å². The Balaban J connectivity index is 2.86. The minimum absolute atomic E-state index is 0.433. The first kappa shape index (κ1) is 13.3. The van der Waals surface area contributed by atoms with Gasteiger partial charge in [-0.15, -0.1) is 0 Å². The van der Waals surface area contributed by atoms with Gasteiger partial charge in [-0.05, 0) is 30.0 Å². The van der Waals surface area contributed by atoms with E-state index in [1.54, 1.807) is 7.11 Å². The van der Waals surface area contributed by atoms with Crippen molar-refractivity contribution in [1.82, 2.24) is 14.9 Å². The van der Waals surface area contributed by atoms with Gasteiger partial charge in [-0.3, -0.25) is 0 Å². The fourth-order valence-electron chi connectivity index (χ4n) is 1.23. The molecule has 0 radical (unpaired) electrons. The van der Waals surface area contributed by atoms with Crippen molar-refractivity contribution in [2.45, 2.75) is 13.0 Å². The first-order chi connectivity index (χ1) is 7.54. The van der Waals surface area contributed by atoms with E-state index in [4.69, 9.17) is 10.5 Å². The predicted molar refractivity (Wildman–Crippen MR) is 67.1 cm³/mol. The van der Waals surface area contributed by atoms with Gasteiger partial charge in [0.15, 0.2) is 0 Å². The fraction of sp³-hybridized carbons (Fsp3) is 0.600. The molecule has 1 rings (SSSR count). The minimum atomic E-state index is 0.433. The van der Waals surface area contributed by atoms with Crippen molar-refractivity contribution in [2.75, 3.05) is 33.5 Å². The van der Waals surface area contributed by atoms with Crippen LogP contribution in [0.3, 0.4) is 0 Å². The van der Waals surface area contributed by atoms with Crippen LogP contribution < -0.4 is 5.73 Å².